The summed E-state index contributed by atoms with van der Waals surface area (Å²) in [6.45, 7) is 3.83. The fourth-order valence-electron chi connectivity index (χ4n) is 3.39. The Labute approximate surface area is 147 Å². The van der Waals surface area contributed by atoms with Gasteiger partial charge in [0.25, 0.3) is 10.0 Å². The van der Waals surface area contributed by atoms with E-state index in [0.717, 1.165) is 19.4 Å². The summed E-state index contributed by atoms with van der Waals surface area (Å²) in [6, 6.07) is 5.26. The Bertz CT molecular complexity index is 804. The zero-order chi connectivity index (χ0) is 18.0. The van der Waals surface area contributed by atoms with Gasteiger partial charge in [-0.25, -0.2) is 8.42 Å². The molecule has 1 amide bonds. The standard InChI is InChI=1S/C17H23N3O4S/c1-2-15(21)20-8-4-5-12(9-20)10-24-14-7-3-6-13-11-25(22,23)19-17(18)16(13)14/h3,6-7,12H,2,4-5,8-11H2,1H3,(H2,18,19)/t12-/m0/s1. The van der Waals surface area contributed by atoms with Gasteiger partial charge < -0.3 is 15.4 Å². The third-order valence-electron chi connectivity index (χ3n) is 4.59. The van der Waals surface area contributed by atoms with Crippen LogP contribution in [0.4, 0.5) is 0 Å². The van der Waals surface area contributed by atoms with Crippen LogP contribution in [0.5, 0.6) is 5.75 Å². The fraction of sp³-hybridized carbons (Fsp3) is 0.529. The molecule has 8 heteroatoms. The number of hydrogen-bond donors (Lipinski definition) is 1. The summed E-state index contributed by atoms with van der Waals surface area (Å²) in [5, 5.41) is 0. The Morgan fingerprint density at radius 3 is 3.00 bits per heavy atom. The van der Waals surface area contributed by atoms with E-state index in [2.05, 4.69) is 4.40 Å². The highest BCUT2D eigenvalue weighted by atomic mass is 32.2. The van der Waals surface area contributed by atoms with E-state index in [-0.39, 0.29) is 23.4 Å². The van der Waals surface area contributed by atoms with Crippen LogP contribution in [0.15, 0.2) is 22.6 Å². The summed E-state index contributed by atoms with van der Waals surface area (Å²) in [5.74, 6) is 0.785. The molecule has 2 aliphatic rings. The maximum absolute atomic E-state index is 11.9. The number of hydrogen-bond acceptors (Lipinski definition) is 5. The summed E-state index contributed by atoms with van der Waals surface area (Å²) in [7, 11) is -3.55. The molecule has 136 valence electrons. The topological polar surface area (TPSA) is 102 Å². The van der Waals surface area contributed by atoms with E-state index in [1.165, 1.54) is 0 Å². The predicted octanol–water partition coefficient (Wildman–Crippen LogP) is 1.26. The van der Waals surface area contributed by atoms with E-state index in [1.807, 2.05) is 11.8 Å². The van der Waals surface area contributed by atoms with Gasteiger partial charge in [-0.1, -0.05) is 19.1 Å². The van der Waals surface area contributed by atoms with E-state index in [9.17, 15) is 13.2 Å². The monoisotopic (exact) mass is 365 g/mol. The molecule has 3 rings (SSSR count). The lowest BCUT2D eigenvalue weighted by Crippen LogP contribution is -2.41. The molecule has 2 heterocycles. The highest BCUT2D eigenvalue weighted by Crippen LogP contribution is 2.29. The zero-order valence-electron chi connectivity index (χ0n) is 14.3. The zero-order valence-corrected chi connectivity index (χ0v) is 15.1. The first-order valence-corrected chi connectivity index (χ1v) is 10.1. The Hall–Kier alpha value is -2.09. The minimum absolute atomic E-state index is 0.0247. The van der Waals surface area contributed by atoms with Crippen molar-refractivity contribution < 1.29 is 17.9 Å². The number of carbonyl (C=O) groups is 1. The van der Waals surface area contributed by atoms with Crippen LogP contribution in [-0.2, 0) is 20.6 Å². The second-order valence-electron chi connectivity index (χ2n) is 6.51. The van der Waals surface area contributed by atoms with Gasteiger partial charge in [0.05, 0.1) is 17.9 Å². The summed E-state index contributed by atoms with van der Waals surface area (Å²) >= 11 is 0. The quantitative estimate of drug-likeness (QED) is 0.865. The second-order valence-corrected chi connectivity index (χ2v) is 8.14. The van der Waals surface area contributed by atoms with E-state index in [1.54, 1.807) is 18.2 Å². The number of carbonyl (C=O) groups excluding carboxylic acids is 1. The number of fused-ring (bicyclic) bond motifs is 1. The Morgan fingerprint density at radius 2 is 2.24 bits per heavy atom. The number of piperidine rings is 1. The normalized spacial score (nSPS) is 22.0. The summed E-state index contributed by atoms with van der Waals surface area (Å²) in [6.07, 6.45) is 2.48. The third-order valence-corrected chi connectivity index (χ3v) is 5.74. The summed E-state index contributed by atoms with van der Waals surface area (Å²) < 4.78 is 33.0. The molecule has 25 heavy (non-hydrogen) atoms. The van der Waals surface area contributed by atoms with Gasteiger partial charge in [0.15, 0.2) is 0 Å². The van der Waals surface area contributed by atoms with Crippen molar-refractivity contribution >= 4 is 21.8 Å². The first-order valence-electron chi connectivity index (χ1n) is 8.50. The molecule has 0 radical (unpaired) electrons. The first-order chi connectivity index (χ1) is 11.9. The second kappa shape index (κ2) is 7.03. The molecular formula is C17H23N3O4S. The molecule has 1 fully saturated rings. The number of sulfonamides is 1. The van der Waals surface area contributed by atoms with Crippen LogP contribution in [0, 0.1) is 5.92 Å². The van der Waals surface area contributed by atoms with Crippen molar-refractivity contribution in [3.05, 3.63) is 29.3 Å². The van der Waals surface area contributed by atoms with Crippen molar-refractivity contribution in [2.75, 3.05) is 19.7 Å². The lowest BCUT2D eigenvalue weighted by Gasteiger charge is -2.32. The molecule has 0 saturated carbocycles. The fourth-order valence-corrected chi connectivity index (χ4v) is 4.48. The number of nitrogens with two attached hydrogens (primary N) is 1. The largest absolute Gasteiger partial charge is 0.492 e. The van der Waals surface area contributed by atoms with Gasteiger partial charge in [-0.05, 0) is 24.5 Å². The smallest absolute Gasteiger partial charge is 0.259 e. The number of rotatable bonds is 4. The van der Waals surface area contributed by atoms with Crippen molar-refractivity contribution in [1.29, 1.82) is 0 Å². The van der Waals surface area contributed by atoms with E-state index < -0.39 is 10.0 Å². The van der Waals surface area contributed by atoms with E-state index >= 15 is 0 Å². The van der Waals surface area contributed by atoms with Crippen LogP contribution >= 0.6 is 0 Å². The van der Waals surface area contributed by atoms with Crippen LogP contribution in [-0.4, -0.2) is 44.8 Å². The number of amidine groups is 1. The van der Waals surface area contributed by atoms with Gasteiger partial charge in [-0.15, -0.1) is 4.40 Å². The Morgan fingerprint density at radius 1 is 1.44 bits per heavy atom. The van der Waals surface area contributed by atoms with Gasteiger partial charge in [-0.2, -0.15) is 0 Å². The molecule has 1 atom stereocenters. The molecule has 0 aromatic heterocycles. The Kier molecular flexibility index (Phi) is 4.99. The van der Waals surface area contributed by atoms with Crippen LogP contribution in [0.25, 0.3) is 0 Å². The molecule has 0 aliphatic carbocycles. The lowest BCUT2D eigenvalue weighted by molar-refractivity contribution is -0.132. The number of benzene rings is 1. The van der Waals surface area contributed by atoms with E-state index in [4.69, 9.17) is 10.5 Å². The van der Waals surface area contributed by atoms with Gasteiger partial charge >= 0.3 is 0 Å². The molecule has 1 saturated heterocycles. The van der Waals surface area contributed by atoms with Crippen molar-refractivity contribution in [3.8, 4) is 5.75 Å². The molecule has 2 aliphatic heterocycles. The van der Waals surface area contributed by atoms with Gasteiger partial charge in [-0.3, -0.25) is 4.79 Å². The van der Waals surface area contributed by atoms with Crippen LogP contribution < -0.4 is 10.5 Å². The Balaban J connectivity index is 1.72. The molecule has 7 nitrogen and oxygen atoms in total. The maximum atomic E-state index is 11.9. The SMILES string of the molecule is CCC(=O)N1CCC[C@H](COc2cccc3c2C(N)=NS(=O)(=O)C3)C1. The minimum Gasteiger partial charge on any atom is -0.492 e. The van der Waals surface area contributed by atoms with Gasteiger partial charge in [0, 0.05) is 25.4 Å². The number of likely N-dealkylation sites (tertiary alicyclic amines) is 1. The molecule has 1 aromatic rings. The number of nitrogens with zero attached hydrogens (tertiary/aromatic N) is 2. The van der Waals surface area contributed by atoms with Crippen molar-refractivity contribution in [1.82, 2.24) is 4.90 Å². The van der Waals surface area contributed by atoms with Crippen LogP contribution in [0.1, 0.15) is 37.3 Å². The highest BCUT2D eigenvalue weighted by molar-refractivity contribution is 7.89. The average molecular weight is 365 g/mol. The third kappa shape index (κ3) is 3.95. The molecule has 0 unspecified atom stereocenters. The van der Waals surface area contributed by atoms with Crippen LogP contribution in [0.2, 0.25) is 0 Å². The summed E-state index contributed by atoms with van der Waals surface area (Å²) in [4.78, 5) is 13.8. The molecular weight excluding hydrogens is 342 g/mol. The molecule has 2 N–H and O–H groups in total. The average Bonchev–Trinajstić information content (AvgIpc) is 2.58. The maximum Gasteiger partial charge on any atom is 0.259 e. The minimum atomic E-state index is -3.55. The van der Waals surface area contributed by atoms with Crippen molar-refractivity contribution in [3.63, 3.8) is 0 Å². The van der Waals surface area contributed by atoms with Crippen molar-refractivity contribution in [2.45, 2.75) is 31.9 Å². The molecule has 0 spiro atoms. The molecule has 1 aromatic carbocycles. The highest BCUT2D eigenvalue weighted by Gasteiger charge is 2.27. The van der Waals surface area contributed by atoms with Gasteiger partial charge in [0.1, 0.15) is 11.6 Å². The lowest BCUT2D eigenvalue weighted by atomic mass is 9.98. The number of amides is 1. The number of ether oxygens (including phenoxy) is 1. The van der Waals surface area contributed by atoms with Crippen LogP contribution in [0.3, 0.4) is 0 Å². The predicted molar refractivity (Wildman–Crippen MR) is 94.9 cm³/mol. The first kappa shape index (κ1) is 17.7. The summed E-state index contributed by atoms with van der Waals surface area (Å²) in [5.41, 5.74) is 7.02. The van der Waals surface area contributed by atoms with Gasteiger partial charge in [0.2, 0.25) is 5.91 Å². The molecule has 0 bridgehead atoms. The van der Waals surface area contributed by atoms with E-state index in [0.29, 0.717) is 36.4 Å². The van der Waals surface area contributed by atoms with Crippen molar-refractivity contribution in [2.24, 2.45) is 16.0 Å².